The summed E-state index contributed by atoms with van der Waals surface area (Å²) in [7, 11) is 1.80. The molecule has 1 aromatic rings. The van der Waals surface area contributed by atoms with E-state index in [0.717, 1.165) is 25.0 Å². The van der Waals surface area contributed by atoms with Gasteiger partial charge >= 0.3 is 6.03 Å². The average molecular weight is 274 g/mol. The monoisotopic (exact) mass is 274 g/mol. The standard InChI is InChI=1S/C16H22N2O2/c1-18(13-15-10-6-12-20-15)16(19)17-11-5-9-14-7-3-2-4-8-14/h2-5,7-9,15H,6,10-13H2,1H3,(H,17,19)/b9-5+. The van der Waals surface area contributed by atoms with Crippen LogP contribution in [0.3, 0.4) is 0 Å². The van der Waals surface area contributed by atoms with Crippen molar-refractivity contribution in [1.82, 2.24) is 10.2 Å². The predicted molar refractivity (Wildman–Crippen MR) is 80.5 cm³/mol. The summed E-state index contributed by atoms with van der Waals surface area (Å²) >= 11 is 0. The normalized spacial score (nSPS) is 18.4. The molecule has 1 heterocycles. The van der Waals surface area contributed by atoms with E-state index in [1.165, 1.54) is 0 Å². The van der Waals surface area contributed by atoms with Crippen LogP contribution in [-0.4, -0.2) is 43.8 Å². The zero-order valence-electron chi connectivity index (χ0n) is 11.9. The molecule has 2 rings (SSSR count). The average Bonchev–Trinajstić information content (AvgIpc) is 2.97. The Morgan fingerprint density at radius 3 is 2.95 bits per heavy atom. The number of carbonyl (C=O) groups is 1. The number of hydrogen-bond acceptors (Lipinski definition) is 2. The van der Waals surface area contributed by atoms with Crippen molar-refractivity contribution in [2.45, 2.75) is 18.9 Å². The number of hydrogen-bond donors (Lipinski definition) is 1. The summed E-state index contributed by atoms with van der Waals surface area (Å²) in [6.45, 7) is 2.01. The molecule has 0 radical (unpaired) electrons. The van der Waals surface area contributed by atoms with Crippen LogP contribution in [0.1, 0.15) is 18.4 Å². The molecule has 2 amide bonds. The Morgan fingerprint density at radius 2 is 2.25 bits per heavy atom. The van der Waals surface area contributed by atoms with E-state index in [1.54, 1.807) is 11.9 Å². The second kappa shape index (κ2) is 7.70. The van der Waals surface area contributed by atoms with Crippen LogP contribution in [0, 0.1) is 0 Å². The molecule has 1 aromatic carbocycles. The molecule has 0 aromatic heterocycles. The highest BCUT2D eigenvalue weighted by molar-refractivity contribution is 5.74. The SMILES string of the molecule is CN(CC1CCCO1)C(=O)NC/C=C/c1ccccc1. The molecule has 1 aliphatic rings. The molecule has 0 bridgehead atoms. The molecular formula is C16H22N2O2. The summed E-state index contributed by atoms with van der Waals surface area (Å²) in [4.78, 5) is 13.6. The Morgan fingerprint density at radius 1 is 1.45 bits per heavy atom. The number of carbonyl (C=O) groups excluding carboxylic acids is 1. The lowest BCUT2D eigenvalue weighted by Gasteiger charge is -2.20. The van der Waals surface area contributed by atoms with Crippen LogP contribution in [0.5, 0.6) is 0 Å². The molecule has 1 N–H and O–H groups in total. The van der Waals surface area contributed by atoms with Gasteiger partial charge in [-0.2, -0.15) is 0 Å². The molecule has 0 aliphatic carbocycles. The smallest absolute Gasteiger partial charge is 0.317 e. The Balaban J connectivity index is 1.67. The van der Waals surface area contributed by atoms with Gasteiger partial charge in [0.2, 0.25) is 0 Å². The molecule has 0 spiro atoms. The summed E-state index contributed by atoms with van der Waals surface area (Å²) in [6.07, 6.45) is 6.30. The van der Waals surface area contributed by atoms with Crippen LogP contribution in [0.2, 0.25) is 0 Å². The lowest BCUT2D eigenvalue weighted by atomic mass is 10.2. The van der Waals surface area contributed by atoms with Gasteiger partial charge in [-0.25, -0.2) is 4.79 Å². The highest BCUT2D eigenvalue weighted by atomic mass is 16.5. The lowest BCUT2D eigenvalue weighted by Crippen LogP contribution is -2.41. The van der Waals surface area contributed by atoms with Crippen molar-refractivity contribution in [3.05, 3.63) is 42.0 Å². The van der Waals surface area contributed by atoms with E-state index in [4.69, 9.17) is 4.74 Å². The van der Waals surface area contributed by atoms with Crippen molar-refractivity contribution in [1.29, 1.82) is 0 Å². The Kier molecular flexibility index (Phi) is 5.62. The van der Waals surface area contributed by atoms with E-state index in [9.17, 15) is 4.79 Å². The summed E-state index contributed by atoms with van der Waals surface area (Å²) in [5.74, 6) is 0. The third-order valence-corrected chi connectivity index (χ3v) is 3.33. The first kappa shape index (κ1) is 14.6. The van der Waals surface area contributed by atoms with Crippen molar-refractivity contribution in [3.63, 3.8) is 0 Å². The van der Waals surface area contributed by atoms with Gasteiger partial charge < -0.3 is 15.0 Å². The largest absolute Gasteiger partial charge is 0.376 e. The Hall–Kier alpha value is -1.81. The maximum Gasteiger partial charge on any atom is 0.317 e. The van der Waals surface area contributed by atoms with Gasteiger partial charge in [-0.1, -0.05) is 42.5 Å². The van der Waals surface area contributed by atoms with Crippen molar-refractivity contribution in [2.75, 3.05) is 26.7 Å². The molecule has 108 valence electrons. The number of nitrogens with zero attached hydrogens (tertiary/aromatic N) is 1. The van der Waals surface area contributed by atoms with E-state index >= 15 is 0 Å². The quantitative estimate of drug-likeness (QED) is 0.896. The van der Waals surface area contributed by atoms with Gasteiger partial charge in [0.25, 0.3) is 0 Å². The second-order valence-electron chi connectivity index (χ2n) is 5.01. The maximum atomic E-state index is 11.9. The van der Waals surface area contributed by atoms with E-state index in [0.29, 0.717) is 13.1 Å². The van der Waals surface area contributed by atoms with Crippen LogP contribution in [0.4, 0.5) is 4.79 Å². The number of benzene rings is 1. The first-order valence-electron chi connectivity index (χ1n) is 7.08. The number of ether oxygens (including phenoxy) is 1. The van der Waals surface area contributed by atoms with E-state index in [2.05, 4.69) is 5.32 Å². The predicted octanol–water partition coefficient (Wildman–Crippen LogP) is 2.52. The molecule has 1 unspecified atom stereocenters. The van der Waals surface area contributed by atoms with E-state index in [-0.39, 0.29) is 12.1 Å². The van der Waals surface area contributed by atoms with Crippen molar-refractivity contribution >= 4 is 12.1 Å². The van der Waals surface area contributed by atoms with E-state index in [1.807, 2.05) is 42.5 Å². The highest BCUT2D eigenvalue weighted by Gasteiger charge is 2.19. The minimum Gasteiger partial charge on any atom is -0.376 e. The Labute approximate surface area is 120 Å². The van der Waals surface area contributed by atoms with Crippen LogP contribution >= 0.6 is 0 Å². The first-order chi connectivity index (χ1) is 9.75. The molecule has 1 atom stereocenters. The second-order valence-corrected chi connectivity index (χ2v) is 5.01. The van der Waals surface area contributed by atoms with Crippen molar-refractivity contribution in [2.24, 2.45) is 0 Å². The maximum absolute atomic E-state index is 11.9. The molecule has 20 heavy (non-hydrogen) atoms. The van der Waals surface area contributed by atoms with Crippen molar-refractivity contribution < 1.29 is 9.53 Å². The fourth-order valence-corrected chi connectivity index (χ4v) is 2.22. The molecule has 4 nitrogen and oxygen atoms in total. The minimum atomic E-state index is -0.0572. The summed E-state index contributed by atoms with van der Waals surface area (Å²) in [5.41, 5.74) is 1.13. The van der Waals surface area contributed by atoms with Crippen LogP contribution in [0.25, 0.3) is 6.08 Å². The molecule has 1 fully saturated rings. The van der Waals surface area contributed by atoms with E-state index < -0.39 is 0 Å². The Bertz CT molecular complexity index is 439. The van der Waals surface area contributed by atoms with Gasteiger partial charge in [0.05, 0.1) is 6.10 Å². The van der Waals surface area contributed by atoms with Gasteiger partial charge in [0.1, 0.15) is 0 Å². The zero-order chi connectivity index (χ0) is 14.2. The molecule has 1 aliphatic heterocycles. The highest BCUT2D eigenvalue weighted by Crippen LogP contribution is 2.12. The number of likely N-dealkylation sites (N-methyl/N-ethyl adjacent to an activating group) is 1. The zero-order valence-corrected chi connectivity index (χ0v) is 11.9. The van der Waals surface area contributed by atoms with Gasteiger partial charge in [-0.3, -0.25) is 0 Å². The van der Waals surface area contributed by atoms with Gasteiger partial charge in [-0.15, -0.1) is 0 Å². The number of amides is 2. The third kappa shape index (κ3) is 4.70. The van der Waals surface area contributed by atoms with Gasteiger partial charge in [-0.05, 0) is 18.4 Å². The molecule has 1 saturated heterocycles. The summed E-state index contributed by atoms with van der Waals surface area (Å²) in [6, 6.07) is 9.97. The van der Waals surface area contributed by atoms with Crippen molar-refractivity contribution in [3.8, 4) is 0 Å². The fourth-order valence-electron chi connectivity index (χ4n) is 2.22. The molecular weight excluding hydrogens is 252 g/mol. The third-order valence-electron chi connectivity index (χ3n) is 3.33. The first-order valence-corrected chi connectivity index (χ1v) is 7.08. The minimum absolute atomic E-state index is 0.0572. The summed E-state index contributed by atoms with van der Waals surface area (Å²) in [5, 5.41) is 2.87. The van der Waals surface area contributed by atoms with Crippen LogP contribution in [0.15, 0.2) is 36.4 Å². The number of urea groups is 1. The van der Waals surface area contributed by atoms with Gasteiger partial charge in [0, 0.05) is 26.7 Å². The number of nitrogens with one attached hydrogen (secondary N) is 1. The topological polar surface area (TPSA) is 41.6 Å². The number of rotatable bonds is 5. The van der Waals surface area contributed by atoms with Crippen LogP contribution < -0.4 is 5.32 Å². The molecule has 4 heteroatoms. The van der Waals surface area contributed by atoms with Gasteiger partial charge in [0.15, 0.2) is 0 Å². The summed E-state index contributed by atoms with van der Waals surface area (Å²) < 4.78 is 5.52. The lowest BCUT2D eigenvalue weighted by molar-refractivity contribution is 0.0876. The molecule has 0 saturated carbocycles. The fraction of sp³-hybridized carbons (Fsp3) is 0.438. The van der Waals surface area contributed by atoms with Crippen LogP contribution in [-0.2, 0) is 4.74 Å².